The first-order chi connectivity index (χ1) is 9.63. The maximum absolute atomic E-state index is 13.1. The molecule has 0 radical (unpaired) electrons. The van der Waals surface area contributed by atoms with E-state index >= 15 is 0 Å². The summed E-state index contributed by atoms with van der Waals surface area (Å²) in [6, 6.07) is 14.7. The molecule has 2 aromatic rings. The highest BCUT2D eigenvalue weighted by atomic mass is 19.1. The highest BCUT2D eigenvalue weighted by molar-refractivity contribution is 6.12. The average molecular weight is 269 g/mol. The van der Waals surface area contributed by atoms with Gasteiger partial charge in [-0.15, -0.1) is 0 Å². The van der Waals surface area contributed by atoms with Crippen molar-refractivity contribution < 1.29 is 14.0 Å². The van der Waals surface area contributed by atoms with Crippen molar-refractivity contribution in [2.75, 3.05) is 0 Å². The first kappa shape index (κ1) is 12.5. The molecular weight excluding hydrogens is 257 g/mol. The van der Waals surface area contributed by atoms with Crippen LogP contribution in [0.4, 0.5) is 4.39 Å². The summed E-state index contributed by atoms with van der Waals surface area (Å²) in [5.41, 5.74) is 0.0508. The Morgan fingerprint density at radius 3 is 2.05 bits per heavy atom. The highest BCUT2D eigenvalue weighted by Crippen LogP contribution is 2.35. The summed E-state index contributed by atoms with van der Waals surface area (Å²) in [5.74, 6) is -0.919. The lowest BCUT2D eigenvalue weighted by Gasteiger charge is -2.28. The van der Waals surface area contributed by atoms with Gasteiger partial charge in [0.2, 0.25) is 5.91 Å². The molecule has 4 heteroatoms. The number of benzene rings is 2. The monoisotopic (exact) mass is 269 g/mol. The van der Waals surface area contributed by atoms with Crippen LogP contribution in [0.25, 0.3) is 0 Å². The van der Waals surface area contributed by atoms with Crippen LogP contribution in [0.3, 0.4) is 0 Å². The molecule has 0 aromatic heterocycles. The number of rotatable bonds is 2. The molecule has 1 atom stereocenters. The van der Waals surface area contributed by atoms with Gasteiger partial charge in [-0.1, -0.05) is 42.5 Å². The van der Waals surface area contributed by atoms with Crippen LogP contribution in [-0.4, -0.2) is 11.7 Å². The van der Waals surface area contributed by atoms with Crippen LogP contribution < -0.4 is 5.32 Å². The van der Waals surface area contributed by atoms with Gasteiger partial charge in [-0.2, -0.15) is 0 Å². The van der Waals surface area contributed by atoms with E-state index in [9.17, 15) is 14.0 Å². The summed E-state index contributed by atoms with van der Waals surface area (Å²) in [7, 11) is 0. The van der Waals surface area contributed by atoms with Crippen molar-refractivity contribution in [3.8, 4) is 0 Å². The van der Waals surface area contributed by atoms with Crippen LogP contribution in [0.5, 0.6) is 0 Å². The molecule has 1 N–H and O–H groups in total. The summed E-state index contributed by atoms with van der Waals surface area (Å²) in [5, 5.41) is 2.76. The summed E-state index contributed by atoms with van der Waals surface area (Å²) >= 11 is 0. The minimum absolute atomic E-state index is 0.160. The fraction of sp³-hybridized carbons (Fsp3) is 0.125. The SMILES string of the molecule is O=C1CC(=O)C(c2ccccc2)(c2ccc(F)cc2)N1. The van der Waals surface area contributed by atoms with Gasteiger partial charge in [0, 0.05) is 0 Å². The molecule has 1 heterocycles. The smallest absolute Gasteiger partial charge is 0.228 e. The first-order valence-corrected chi connectivity index (χ1v) is 6.29. The molecule has 1 fully saturated rings. The van der Waals surface area contributed by atoms with E-state index in [1.165, 1.54) is 24.3 Å². The molecule has 20 heavy (non-hydrogen) atoms. The Bertz CT molecular complexity index is 667. The largest absolute Gasteiger partial charge is 0.336 e. The van der Waals surface area contributed by atoms with Gasteiger partial charge in [-0.3, -0.25) is 9.59 Å². The lowest BCUT2D eigenvalue weighted by molar-refractivity contribution is -0.122. The van der Waals surface area contributed by atoms with Gasteiger partial charge in [0.1, 0.15) is 5.82 Å². The quantitative estimate of drug-likeness (QED) is 0.849. The van der Waals surface area contributed by atoms with E-state index in [0.717, 1.165) is 0 Å². The number of hydrogen-bond acceptors (Lipinski definition) is 2. The Hall–Kier alpha value is -2.49. The molecule has 1 aliphatic heterocycles. The second kappa shape index (κ2) is 4.56. The molecule has 3 rings (SSSR count). The second-order valence-corrected chi connectivity index (χ2v) is 4.77. The minimum atomic E-state index is -1.20. The van der Waals surface area contributed by atoms with E-state index in [0.29, 0.717) is 11.1 Å². The van der Waals surface area contributed by atoms with Crippen LogP contribution in [-0.2, 0) is 15.1 Å². The fourth-order valence-electron chi connectivity index (χ4n) is 2.62. The number of halogens is 1. The van der Waals surface area contributed by atoms with E-state index in [1.54, 1.807) is 24.3 Å². The van der Waals surface area contributed by atoms with Crippen molar-refractivity contribution in [3.63, 3.8) is 0 Å². The molecule has 1 amide bonds. The van der Waals surface area contributed by atoms with E-state index in [1.807, 2.05) is 6.07 Å². The summed E-state index contributed by atoms with van der Waals surface area (Å²) in [6.07, 6.45) is -0.160. The molecule has 3 nitrogen and oxygen atoms in total. The molecule has 100 valence electrons. The molecule has 2 aromatic carbocycles. The third-order valence-electron chi connectivity index (χ3n) is 3.55. The zero-order chi connectivity index (χ0) is 14.2. The van der Waals surface area contributed by atoms with Gasteiger partial charge >= 0.3 is 0 Å². The topological polar surface area (TPSA) is 46.2 Å². The molecule has 0 saturated carbocycles. The van der Waals surface area contributed by atoms with Crippen molar-refractivity contribution in [1.82, 2.24) is 5.32 Å². The molecule has 0 aliphatic carbocycles. The standard InChI is InChI=1S/C16H12FNO2/c17-13-8-6-12(7-9-13)16(11-4-2-1-3-5-11)14(19)10-15(20)18-16/h1-9H,10H2,(H,18,20). The van der Waals surface area contributed by atoms with E-state index in [2.05, 4.69) is 5.32 Å². The lowest BCUT2D eigenvalue weighted by Crippen LogP contribution is -2.44. The van der Waals surface area contributed by atoms with Crippen LogP contribution in [0.15, 0.2) is 54.6 Å². The molecule has 1 unspecified atom stereocenters. The third-order valence-corrected chi connectivity index (χ3v) is 3.55. The highest BCUT2D eigenvalue weighted by Gasteiger charge is 2.48. The molecule has 1 aliphatic rings. The Kier molecular flexibility index (Phi) is 2.86. The maximum Gasteiger partial charge on any atom is 0.228 e. The Morgan fingerprint density at radius 1 is 0.900 bits per heavy atom. The van der Waals surface area contributed by atoms with Crippen LogP contribution in [0.2, 0.25) is 0 Å². The maximum atomic E-state index is 13.1. The predicted molar refractivity (Wildman–Crippen MR) is 71.4 cm³/mol. The summed E-state index contributed by atoms with van der Waals surface area (Å²) in [6.45, 7) is 0. The van der Waals surface area contributed by atoms with Crippen molar-refractivity contribution in [2.24, 2.45) is 0 Å². The number of amides is 1. The summed E-state index contributed by atoms with van der Waals surface area (Å²) < 4.78 is 13.1. The van der Waals surface area contributed by atoms with Gasteiger partial charge in [0.15, 0.2) is 11.3 Å². The predicted octanol–water partition coefficient (Wildman–Crippen LogP) is 2.16. The molecule has 0 spiro atoms. The first-order valence-electron chi connectivity index (χ1n) is 6.29. The van der Waals surface area contributed by atoms with Gasteiger partial charge < -0.3 is 5.32 Å². The lowest BCUT2D eigenvalue weighted by atomic mass is 9.81. The van der Waals surface area contributed by atoms with E-state index < -0.39 is 5.54 Å². The van der Waals surface area contributed by atoms with Gasteiger partial charge in [-0.25, -0.2) is 4.39 Å². The second-order valence-electron chi connectivity index (χ2n) is 4.77. The number of carbonyl (C=O) groups excluding carboxylic acids is 2. The normalized spacial score (nSPS) is 21.9. The summed E-state index contributed by atoms with van der Waals surface area (Å²) in [4.78, 5) is 24.1. The molecule has 1 saturated heterocycles. The number of carbonyl (C=O) groups is 2. The van der Waals surface area contributed by atoms with Crippen molar-refractivity contribution in [3.05, 3.63) is 71.5 Å². The molecular formula is C16H12FNO2. The minimum Gasteiger partial charge on any atom is -0.336 e. The van der Waals surface area contributed by atoms with E-state index in [4.69, 9.17) is 0 Å². The van der Waals surface area contributed by atoms with Crippen LogP contribution >= 0.6 is 0 Å². The van der Waals surface area contributed by atoms with E-state index in [-0.39, 0.29) is 23.9 Å². The van der Waals surface area contributed by atoms with Gasteiger partial charge in [0.25, 0.3) is 0 Å². The van der Waals surface area contributed by atoms with Gasteiger partial charge in [-0.05, 0) is 23.3 Å². The molecule has 0 bridgehead atoms. The van der Waals surface area contributed by atoms with Crippen molar-refractivity contribution in [2.45, 2.75) is 12.0 Å². The van der Waals surface area contributed by atoms with Crippen molar-refractivity contribution >= 4 is 11.7 Å². The zero-order valence-electron chi connectivity index (χ0n) is 10.6. The fourth-order valence-corrected chi connectivity index (χ4v) is 2.62. The number of nitrogens with one attached hydrogen (secondary N) is 1. The Balaban J connectivity index is 2.21. The number of hydrogen-bond donors (Lipinski definition) is 1. The number of Topliss-reactive ketones (excluding diaryl/α,β-unsaturated/α-hetero) is 1. The van der Waals surface area contributed by atoms with Crippen LogP contribution in [0.1, 0.15) is 17.5 Å². The van der Waals surface area contributed by atoms with Crippen molar-refractivity contribution in [1.29, 1.82) is 0 Å². The van der Waals surface area contributed by atoms with Crippen LogP contribution in [0, 0.1) is 5.82 Å². The average Bonchev–Trinajstić information content (AvgIpc) is 2.76. The number of ketones is 1. The Labute approximate surface area is 115 Å². The van der Waals surface area contributed by atoms with Gasteiger partial charge in [0.05, 0.1) is 6.42 Å². The zero-order valence-corrected chi connectivity index (χ0v) is 10.6. The third kappa shape index (κ3) is 1.81. The Morgan fingerprint density at radius 2 is 1.50 bits per heavy atom.